The zero-order valence-electron chi connectivity index (χ0n) is 17.1. The van der Waals surface area contributed by atoms with E-state index in [1.165, 1.54) is 30.3 Å². The number of aromatic hydroxyl groups is 1. The molecule has 3 N–H and O–H groups in total. The van der Waals surface area contributed by atoms with E-state index in [1.807, 2.05) is 0 Å². The third kappa shape index (κ3) is 6.51. The summed E-state index contributed by atoms with van der Waals surface area (Å²) in [5.41, 5.74) is 0.0905. The molecule has 3 rings (SSSR count). The van der Waals surface area contributed by atoms with Crippen molar-refractivity contribution in [1.82, 2.24) is 5.32 Å². The third-order valence-corrected chi connectivity index (χ3v) is 5.76. The number of carbonyl (C=O) groups is 2. The van der Waals surface area contributed by atoms with Gasteiger partial charge in [0.05, 0.1) is 26.5 Å². The molecule has 34 heavy (non-hydrogen) atoms. The van der Waals surface area contributed by atoms with Gasteiger partial charge in [0.2, 0.25) is 0 Å². The summed E-state index contributed by atoms with van der Waals surface area (Å²) in [4.78, 5) is 23.5. The largest absolute Gasteiger partial charge is 0.507 e. The van der Waals surface area contributed by atoms with Crippen molar-refractivity contribution in [2.45, 2.75) is 19.1 Å². The predicted octanol–water partition coefficient (Wildman–Crippen LogP) is 6.29. The number of ether oxygens (including phenoxy) is 1. The van der Waals surface area contributed by atoms with Crippen molar-refractivity contribution in [2.75, 3.05) is 0 Å². The molecular formula is C23H16Br2F3NO5. The van der Waals surface area contributed by atoms with Crippen LogP contribution in [0.4, 0.5) is 13.2 Å². The van der Waals surface area contributed by atoms with Gasteiger partial charge in [-0.3, -0.25) is 9.59 Å². The number of nitrogens with one attached hydrogen (secondary N) is 1. The molecule has 0 aliphatic heterocycles. The Kier molecular flexibility index (Phi) is 7.88. The molecule has 0 saturated carbocycles. The van der Waals surface area contributed by atoms with Gasteiger partial charge < -0.3 is 20.3 Å². The first-order valence-electron chi connectivity index (χ1n) is 9.59. The first-order chi connectivity index (χ1) is 15.9. The topological polar surface area (TPSA) is 95.9 Å². The van der Waals surface area contributed by atoms with Gasteiger partial charge in [-0.1, -0.05) is 12.1 Å². The lowest BCUT2D eigenvalue weighted by atomic mass is 10.1. The molecule has 0 unspecified atom stereocenters. The fourth-order valence-electron chi connectivity index (χ4n) is 2.95. The van der Waals surface area contributed by atoms with E-state index in [0.717, 1.165) is 12.1 Å². The van der Waals surface area contributed by atoms with Crippen LogP contribution in [-0.2, 0) is 23.9 Å². The molecule has 3 aromatic rings. The molecule has 0 fully saturated rings. The highest BCUT2D eigenvalue weighted by Crippen LogP contribution is 2.39. The summed E-state index contributed by atoms with van der Waals surface area (Å²) in [6.45, 7) is -0.0520. The van der Waals surface area contributed by atoms with Crippen molar-refractivity contribution in [3.63, 3.8) is 0 Å². The number of carboxylic acid groups (broad SMARTS) is 1. The van der Waals surface area contributed by atoms with Gasteiger partial charge in [-0.2, -0.15) is 13.2 Å². The standard InChI is InChI=1S/C23H16Br2F3NO5/c24-17-7-13(9-20(31)32)8-18(25)21(17)34-15-5-6-19(30)16(10-15)22(33)29-11-12-1-3-14(4-2-12)23(26,27)28/h1-8,10,30H,9,11H2,(H,29,33)(H,31,32). The highest BCUT2D eigenvalue weighted by molar-refractivity contribution is 9.11. The molecule has 0 atom stereocenters. The molecule has 0 radical (unpaired) electrons. The Morgan fingerprint density at radius 3 is 2.12 bits per heavy atom. The zero-order valence-corrected chi connectivity index (χ0v) is 20.3. The molecule has 178 valence electrons. The second-order valence-corrected chi connectivity index (χ2v) is 8.83. The van der Waals surface area contributed by atoms with Crippen LogP contribution in [-0.4, -0.2) is 22.1 Å². The van der Waals surface area contributed by atoms with Gasteiger partial charge >= 0.3 is 12.1 Å². The molecule has 1 amide bonds. The smallest absolute Gasteiger partial charge is 0.416 e. The van der Waals surface area contributed by atoms with Gasteiger partial charge in [-0.15, -0.1) is 0 Å². The number of carboxylic acids is 1. The Bertz CT molecular complexity index is 1210. The molecule has 0 aliphatic rings. The predicted molar refractivity (Wildman–Crippen MR) is 124 cm³/mol. The van der Waals surface area contributed by atoms with Crippen LogP contribution in [0.5, 0.6) is 17.2 Å². The summed E-state index contributed by atoms with van der Waals surface area (Å²) < 4.78 is 44.8. The summed E-state index contributed by atoms with van der Waals surface area (Å²) in [7, 11) is 0. The van der Waals surface area contributed by atoms with Crippen LogP contribution >= 0.6 is 31.9 Å². The van der Waals surface area contributed by atoms with Crippen molar-refractivity contribution in [1.29, 1.82) is 0 Å². The van der Waals surface area contributed by atoms with Crippen LogP contribution in [0, 0.1) is 0 Å². The minimum atomic E-state index is -4.45. The highest BCUT2D eigenvalue weighted by Gasteiger charge is 2.29. The summed E-state index contributed by atoms with van der Waals surface area (Å²) in [6, 6.07) is 11.5. The second-order valence-electron chi connectivity index (χ2n) is 7.12. The number of aliphatic carboxylic acids is 1. The number of rotatable bonds is 7. The number of halogens is 5. The number of carbonyl (C=O) groups excluding carboxylic acids is 1. The number of phenols is 1. The van der Waals surface area contributed by atoms with E-state index in [-0.39, 0.29) is 30.0 Å². The zero-order chi connectivity index (χ0) is 25.0. The first-order valence-corrected chi connectivity index (χ1v) is 11.2. The minimum absolute atomic E-state index is 0.0520. The minimum Gasteiger partial charge on any atom is -0.507 e. The van der Waals surface area contributed by atoms with Gasteiger partial charge in [0.1, 0.15) is 11.5 Å². The maximum atomic E-state index is 12.7. The van der Waals surface area contributed by atoms with E-state index in [2.05, 4.69) is 37.2 Å². The lowest BCUT2D eigenvalue weighted by Crippen LogP contribution is -2.23. The average Bonchev–Trinajstić information content (AvgIpc) is 2.75. The maximum Gasteiger partial charge on any atom is 0.416 e. The van der Waals surface area contributed by atoms with Gasteiger partial charge in [0.15, 0.2) is 5.75 Å². The van der Waals surface area contributed by atoms with E-state index in [9.17, 15) is 27.9 Å². The molecule has 0 aromatic heterocycles. The molecular weight excluding hydrogens is 587 g/mol. The van der Waals surface area contributed by atoms with Crippen molar-refractivity contribution >= 4 is 43.7 Å². The van der Waals surface area contributed by atoms with Crippen LogP contribution in [0.15, 0.2) is 63.5 Å². The summed E-state index contributed by atoms with van der Waals surface area (Å²) in [5, 5.41) is 21.6. The maximum absolute atomic E-state index is 12.7. The Labute approximate surface area is 208 Å². The normalized spacial score (nSPS) is 11.2. The van der Waals surface area contributed by atoms with Crippen molar-refractivity contribution in [3.05, 3.63) is 85.8 Å². The first kappa shape index (κ1) is 25.6. The number of alkyl halides is 3. The van der Waals surface area contributed by atoms with E-state index < -0.39 is 23.6 Å². The van der Waals surface area contributed by atoms with Gasteiger partial charge in [-0.25, -0.2) is 0 Å². The lowest BCUT2D eigenvalue weighted by molar-refractivity contribution is -0.138. The molecule has 0 saturated heterocycles. The van der Waals surface area contributed by atoms with Gasteiger partial charge in [0.25, 0.3) is 5.91 Å². The van der Waals surface area contributed by atoms with E-state index in [1.54, 1.807) is 12.1 Å². The summed E-state index contributed by atoms with van der Waals surface area (Å²) in [5.74, 6) is -1.41. The SMILES string of the molecule is O=C(O)Cc1cc(Br)c(Oc2ccc(O)c(C(=O)NCc3ccc(C(F)(F)F)cc3)c2)c(Br)c1. The Balaban J connectivity index is 1.73. The molecule has 6 nitrogen and oxygen atoms in total. The monoisotopic (exact) mass is 601 g/mol. The number of hydrogen-bond donors (Lipinski definition) is 3. The third-order valence-electron chi connectivity index (χ3n) is 4.58. The summed E-state index contributed by atoms with van der Waals surface area (Å²) in [6.07, 6.45) is -4.63. The Morgan fingerprint density at radius 1 is 0.941 bits per heavy atom. The van der Waals surface area contributed by atoms with Crippen LogP contribution in [0.1, 0.15) is 27.0 Å². The van der Waals surface area contributed by atoms with Crippen molar-refractivity contribution < 1.29 is 37.7 Å². The number of benzene rings is 3. The quantitative estimate of drug-likeness (QED) is 0.296. The highest BCUT2D eigenvalue weighted by atomic mass is 79.9. The second kappa shape index (κ2) is 10.5. The van der Waals surface area contributed by atoms with E-state index >= 15 is 0 Å². The molecule has 0 spiro atoms. The van der Waals surface area contributed by atoms with Crippen molar-refractivity contribution in [3.8, 4) is 17.2 Å². The van der Waals surface area contributed by atoms with Crippen molar-refractivity contribution in [2.24, 2.45) is 0 Å². The molecule has 0 bridgehead atoms. The fourth-order valence-corrected chi connectivity index (χ4v) is 4.40. The fraction of sp³-hybridized carbons (Fsp3) is 0.130. The Hall–Kier alpha value is -3.05. The molecule has 0 aliphatic carbocycles. The van der Waals surface area contributed by atoms with Crippen LogP contribution < -0.4 is 10.1 Å². The van der Waals surface area contributed by atoms with Crippen LogP contribution in [0.25, 0.3) is 0 Å². The summed E-state index contributed by atoms with van der Waals surface area (Å²) >= 11 is 6.66. The van der Waals surface area contributed by atoms with Crippen LogP contribution in [0.2, 0.25) is 0 Å². The number of hydrogen-bond acceptors (Lipinski definition) is 4. The molecule has 0 heterocycles. The van der Waals surface area contributed by atoms with Gasteiger partial charge in [-0.05, 0) is 85.5 Å². The molecule has 3 aromatic carbocycles. The Morgan fingerprint density at radius 2 is 1.56 bits per heavy atom. The van der Waals surface area contributed by atoms with Gasteiger partial charge in [0, 0.05) is 6.54 Å². The number of amides is 1. The van der Waals surface area contributed by atoms with E-state index in [0.29, 0.717) is 25.8 Å². The average molecular weight is 603 g/mol. The number of phenolic OH excluding ortho intramolecular Hbond substituents is 1. The molecule has 11 heteroatoms. The lowest BCUT2D eigenvalue weighted by Gasteiger charge is -2.13. The van der Waals surface area contributed by atoms with Crippen LogP contribution in [0.3, 0.4) is 0 Å². The van der Waals surface area contributed by atoms with E-state index in [4.69, 9.17) is 9.84 Å².